The number of amides is 1. The van der Waals surface area contributed by atoms with Crippen molar-refractivity contribution < 1.29 is 13.6 Å². The molecule has 6 heteroatoms. The fraction of sp³-hybridized carbons (Fsp3) is 0. The quantitative estimate of drug-likeness (QED) is 0.781. The topological polar surface area (TPSA) is 42.0 Å². The van der Waals surface area contributed by atoms with Crippen molar-refractivity contribution in [1.29, 1.82) is 0 Å². The van der Waals surface area contributed by atoms with Crippen LogP contribution >= 0.6 is 11.3 Å². The highest BCUT2D eigenvalue weighted by atomic mass is 32.1. The molecule has 0 aliphatic rings. The summed E-state index contributed by atoms with van der Waals surface area (Å²) in [5.41, 5.74) is 1.72. The SMILES string of the molecule is O=C(Nc1nc(-c2ccccc2)cs1)c1ccc(F)c(F)c1. The van der Waals surface area contributed by atoms with E-state index in [0.29, 0.717) is 5.13 Å². The number of benzene rings is 2. The Kier molecular flexibility index (Phi) is 3.93. The molecule has 3 rings (SSSR count). The Labute approximate surface area is 129 Å². The Morgan fingerprint density at radius 1 is 1.05 bits per heavy atom. The van der Waals surface area contributed by atoms with E-state index in [2.05, 4.69) is 10.3 Å². The van der Waals surface area contributed by atoms with E-state index in [4.69, 9.17) is 0 Å². The van der Waals surface area contributed by atoms with E-state index in [1.165, 1.54) is 17.4 Å². The summed E-state index contributed by atoms with van der Waals surface area (Å²) < 4.78 is 26.0. The first-order valence-corrected chi connectivity index (χ1v) is 7.29. The van der Waals surface area contributed by atoms with Crippen LogP contribution in [0, 0.1) is 11.6 Å². The Balaban J connectivity index is 1.77. The van der Waals surface area contributed by atoms with Crippen molar-refractivity contribution in [3.05, 3.63) is 71.1 Å². The number of nitrogens with zero attached hydrogens (tertiary/aromatic N) is 1. The van der Waals surface area contributed by atoms with E-state index >= 15 is 0 Å². The zero-order chi connectivity index (χ0) is 15.5. The first-order chi connectivity index (χ1) is 10.6. The van der Waals surface area contributed by atoms with Gasteiger partial charge >= 0.3 is 0 Å². The highest BCUT2D eigenvalue weighted by molar-refractivity contribution is 7.14. The summed E-state index contributed by atoms with van der Waals surface area (Å²) in [7, 11) is 0. The highest BCUT2D eigenvalue weighted by Crippen LogP contribution is 2.25. The minimum absolute atomic E-state index is 0.0374. The Morgan fingerprint density at radius 3 is 2.55 bits per heavy atom. The summed E-state index contributed by atoms with van der Waals surface area (Å²) in [5, 5.41) is 4.79. The second-order valence-corrected chi connectivity index (χ2v) is 5.35. The zero-order valence-corrected chi connectivity index (χ0v) is 12.0. The zero-order valence-electron chi connectivity index (χ0n) is 11.2. The molecule has 22 heavy (non-hydrogen) atoms. The van der Waals surface area contributed by atoms with Crippen molar-refractivity contribution in [2.75, 3.05) is 5.32 Å². The summed E-state index contributed by atoms with van der Waals surface area (Å²) in [5.74, 6) is -2.58. The Morgan fingerprint density at radius 2 is 1.82 bits per heavy atom. The van der Waals surface area contributed by atoms with Crippen LogP contribution in [0.4, 0.5) is 13.9 Å². The van der Waals surface area contributed by atoms with Crippen molar-refractivity contribution in [3.8, 4) is 11.3 Å². The van der Waals surface area contributed by atoms with E-state index in [-0.39, 0.29) is 5.56 Å². The molecular formula is C16H10F2N2OS. The molecule has 3 aromatic rings. The summed E-state index contributed by atoms with van der Waals surface area (Å²) in [6.45, 7) is 0. The third-order valence-electron chi connectivity index (χ3n) is 2.98. The number of carbonyl (C=O) groups is 1. The van der Waals surface area contributed by atoms with Gasteiger partial charge in [-0.1, -0.05) is 30.3 Å². The molecule has 0 aliphatic carbocycles. The lowest BCUT2D eigenvalue weighted by molar-refractivity contribution is 0.102. The number of hydrogen-bond acceptors (Lipinski definition) is 3. The maximum absolute atomic E-state index is 13.1. The number of aromatic nitrogens is 1. The molecule has 0 radical (unpaired) electrons. The van der Waals surface area contributed by atoms with Crippen LogP contribution in [0.5, 0.6) is 0 Å². The van der Waals surface area contributed by atoms with Crippen molar-refractivity contribution >= 4 is 22.4 Å². The smallest absolute Gasteiger partial charge is 0.257 e. The maximum Gasteiger partial charge on any atom is 0.257 e. The number of thiazole rings is 1. The van der Waals surface area contributed by atoms with E-state index in [9.17, 15) is 13.6 Å². The van der Waals surface area contributed by atoms with Crippen LogP contribution in [0.1, 0.15) is 10.4 Å². The predicted molar refractivity (Wildman–Crippen MR) is 81.9 cm³/mol. The van der Waals surface area contributed by atoms with Gasteiger partial charge in [-0.25, -0.2) is 13.8 Å². The molecule has 0 saturated carbocycles. The van der Waals surface area contributed by atoms with Gasteiger partial charge < -0.3 is 0 Å². The van der Waals surface area contributed by atoms with E-state index in [0.717, 1.165) is 23.4 Å². The number of carbonyl (C=O) groups excluding carboxylic acids is 1. The second-order valence-electron chi connectivity index (χ2n) is 4.49. The number of halogens is 2. The number of hydrogen-bond donors (Lipinski definition) is 1. The second kappa shape index (κ2) is 6.03. The van der Waals surface area contributed by atoms with Crippen molar-refractivity contribution in [1.82, 2.24) is 4.98 Å². The molecule has 0 atom stereocenters. The minimum Gasteiger partial charge on any atom is -0.298 e. The maximum atomic E-state index is 13.1. The van der Waals surface area contributed by atoms with Crippen LogP contribution in [0.2, 0.25) is 0 Å². The summed E-state index contributed by atoms with van der Waals surface area (Å²) in [6.07, 6.45) is 0. The molecule has 0 saturated heterocycles. The fourth-order valence-electron chi connectivity index (χ4n) is 1.88. The largest absolute Gasteiger partial charge is 0.298 e. The van der Waals surface area contributed by atoms with Crippen LogP contribution in [0.25, 0.3) is 11.3 Å². The average molecular weight is 316 g/mol. The van der Waals surface area contributed by atoms with Crippen LogP contribution in [-0.4, -0.2) is 10.9 Å². The summed E-state index contributed by atoms with van der Waals surface area (Å²) >= 11 is 1.26. The Hall–Kier alpha value is -2.60. The molecule has 1 N–H and O–H groups in total. The van der Waals surface area contributed by atoms with Crippen LogP contribution < -0.4 is 5.32 Å². The third kappa shape index (κ3) is 3.01. The molecule has 0 spiro atoms. The van der Waals surface area contributed by atoms with Crippen LogP contribution in [-0.2, 0) is 0 Å². The molecule has 0 bridgehead atoms. The minimum atomic E-state index is -1.06. The molecular weight excluding hydrogens is 306 g/mol. The third-order valence-corrected chi connectivity index (χ3v) is 3.73. The van der Waals surface area contributed by atoms with Gasteiger partial charge in [0.2, 0.25) is 0 Å². The molecule has 0 unspecified atom stereocenters. The molecule has 2 aromatic carbocycles. The average Bonchev–Trinajstić information content (AvgIpc) is 2.99. The van der Waals surface area contributed by atoms with Gasteiger partial charge in [0, 0.05) is 16.5 Å². The normalized spacial score (nSPS) is 10.5. The lowest BCUT2D eigenvalue weighted by Crippen LogP contribution is -2.12. The Bertz CT molecular complexity index is 818. The lowest BCUT2D eigenvalue weighted by atomic mass is 10.2. The van der Waals surface area contributed by atoms with Gasteiger partial charge in [0.05, 0.1) is 5.69 Å². The highest BCUT2D eigenvalue weighted by Gasteiger charge is 2.12. The first-order valence-electron chi connectivity index (χ1n) is 6.41. The monoisotopic (exact) mass is 316 g/mol. The van der Waals surface area contributed by atoms with Gasteiger partial charge in [0.15, 0.2) is 16.8 Å². The molecule has 0 fully saturated rings. The summed E-state index contributed by atoms with van der Waals surface area (Å²) in [6, 6.07) is 12.5. The number of anilines is 1. The van der Waals surface area contributed by atoms with Crippen LogP contribution in [0.15, 0.2) is 53.9 Å². The molecule has 1 heterocycles. The lowest BCUT2D eigenvalue weighted by Gasteiger charge is -2.02. The van der Waals surface area contributed by atoms with Crippen molar-refractivity contribution in [3.63, 3.8) is 0 Å². The fourth-order valence-corrected chi connectivity index (χ4v) is 2.59. The number of rotatable bonds is 3. The summed E-state index contributed by atoms with van der Waals surface area (Å²) in [4.78, 5) is 16.3. The van der Waals surface area contributed by atoms with Crippen molar-refractivity contribution in [2.24, 2.45) is 0 Å². The van der Waals surface area contributed by atoms with Gasteiger partial charge in [-0.3, -0.25) is 10.1 Å². The van der Waals surface area contributed by atoms with E-state index < -0.39 is 17.5 Å². The standard InChI is InChI=1S/C16H10F2N2OS/c17-12-7-6-11(8-13(12)18)15(21)20-16-19-14(9-22-16)10-4-2-1-3-5-10/h1-9H,(H,19,20,21). The molecule has 110 valence electrons. The van der Waals surface area contributed by atoms with Gasteiger partial charge in [-0.05, 0) is 18.2 Å². The van der Waals surface area contributed by atoms with Gasteiger partial charge in [-0.15, -0.1) is 11.3 Å². The van der Waals surface area contributed by atoms with E-state index in [1.54, 1.807) is 0 Å². The number of nitrogens with one attached hydrogen (secondary N) is 1. The van der Waals surface area contributed by atoms with Gasteiger partial charge in [0.1, 0.15) is 0 Å². The first kappa shape index (κ1) is 14.3. The molecule has 0 aliphatic heterocycles. The molecule has 1 aromatic heterocycles. The molecule has 1 amide bonds. The van der Waals surface area contributed by atoms with Gasteiger partial charge in [0.25, 0.3) is 5.91 Å². The van der Waals surface area contributed by atoms with Crippen molar-refractivity contribution in [2.45, 2.75) is 0 Å². The van der Waals surface area contributed by atoms with E-state index in [1.807, 2.05) is 35.7 Å². The van der Waals surface area contributed by atoms with Gasteiger partial charge in [-0.2, -0.15) is 0 Å². The van der Waals surface area contributed by atoms with Crippen LogP contribution in [0.3, 0.4) is 0 Å². The molecule has 3 nitrogen and oxygen atoms in total. The predicted octanol–water partition coefficient (Wildman–Crippen LogP) is 4.34.